The fourth-order valence-electron chi connectivity index (χ4n) is 5.49. The SMILES string of the molecule is C=C(C)O[C@@H]1[C@H](C)C[C@H](OCCOCCOCCOCC(=O)N[C@@H](CCCCN)C(=O)N[C@@H](CCCCN)C(=O)OCc2ccccc2)O[C@@H]1CO. The lowest BCUT2D eigenvalue weighted by molar-refractivity contribution is -0.249. The Labute approximate surface area is 308 Å². The summed E-state index contributed by atoms with van der Waals surface area (Å²) in [6.07, 6.45) is 2.70. The van der Waals surface area contributed by atoms with Gasteiger partial charge < -0.3 is 60.4 Å². The van der Waals surface area contributed by atoms with Gasteiger partial charge in [0.25, 0.3) is 0 Å². The Morgan fingerprint density at radius 1 is 0.904 bits per heavy atom. The van der Waals surface area contributed by atoms with Gasteiger partial charge in [-0.25, -0.2) is 4.79 Å². The zero-order valence-electron chi connectivity index (χ0n) is 31.0. The highest BCUT2D eigenvalue weighted by Crippen LogP contribution is 2.29. The Kier molecular flexibility index (Phi) is 23.8. The maximum atomic E-state index is 13.3. The molecule has 15 nitrogen and oxygen atoms in total. The topological polar surface area (TPSA) is 212 Å². The van der Waals surface area contributed by atoms with Crippen molar-refractivity contribution in [2.75, 3.05) is 65.9 Å². The average Bonchev–Trinajstić information content (AvgIpc) is 3.13. The summed E-state index contributed by atoms with van der Waals surface area (Å²) in [4.78, 5) is 39.0. The zero-order chi connectivity index (χ0) is 38.0. The summed E-state index contributed by atoms with van der Waals surface area (Å²) in [5.41, 5.74) is 12.1. The smallest absolute Gasteiger partial charge is 0.328 e. The second-order valence-electron chi connectivity index (χ2n) is 12.8. The van der Waals surface area contributed by atoms with Gasteiger partial charge in [-0.2, -0.15) is 0 Å². The zero-order valence-corrected chi connectivity index (χ0v) is 31.0. The third-order valence-electron chi connectivity index (χ3n) is 8.21. The molecule has 1 aromatic rings. The molecule has 7 N–H and O–H groups in total. The van der Waals surface area contributed by atoms with Crippen molar-refractivity contribution in [3.8, 4) is 0 Å². The highest BCUT2D eigenvalue weighted by atomic mass is 16.7. The summed E-state index contributed by atoms with van der Waals surface area (Å²) < 4.78 is 39.3. The molecule has 0 aromatic heterocycles. The van der Waals surface area contributed by atoms with Crippen LogP contribution in [0.4, 0.5) is 0 Å². The van der Waals surface area contributed by atoms with Crippen LogP contribution in [-0.2, 0) is 54.1 Å². The van der Waals surface area contributed by atoms with E-state index in [2.05, 4.69) is 17.2 Å². The van der Waals surface area contributed by atoms with E-state index in [4.69, 9.17) is 44.6 Å². The van der Waals surface area contributed by atoms with Crippen LogP contribution in [0, 0.1) is 5.92 Å². The molecule has 15 heteroatoms. The molecule has 1 aromatic carbocycles. The number of carbonyl (C=O) groups excluding carboxylic acids is 3. The van der Waals surface area contributed by atoms with Gasteiger partial charge in [-0.1, -0.05) is 43.8 Å². The van der Waals surface area contributed by atoms with Crippen molar-refractivity contribution in [3.63, 3.8) is 0 Å². The number of esters is 1. The molecule has 0 aliphatic carbocycles. The minimum atomic E-state index is -0.883. The van der Waals surface area contributed by atoms with E-state index in [0.717, 1.165) is 5.56 Å². The van der Waals surface area contributed by atoms with Crippen LogP contribution in [0.5, 0.6) is 0 Å². The molecule has 52 heavy (non-hydrogen) atoms. The first-order chi connectivity index (χ1) is 25.2. The number of nitrogens with two attached hydrogens (primary N) is 2. The standard InChI is InChI=1S/C37H62N4O11/c1-27(2)51-35-28(3)23-34(52-32(35)24-42)49-22-21-47-18-17-46-19-20-48-26-33(43)40-30(13-7-9-15-38)36(44)41-31(14-8-10-16-39)37(45)50-25-29-11-5-4-6-12-29/h4-6,11-12,28,30-32,34-35,42H,1,7-10,13-26,38-39H2,2-3H3,(H,40,43)(H,41,44)/t28-,30+,31+,32-,34-,35-/m1/s1. The van der Waals surface area contributed by atoms with Gasteiger partial charge in [-0.3, -0.25) is 9.59 Å². The molecule has 0 radical (unpaired) electrons. The maximum absolute atomic E-state index is 13.3. The molecule has 0 saturated carbocycles. The second-order valence-corrected chi connectivity index (χ2v) is 12.8. The highest BCUT2D eigenvalue weighted by Gasteiger charge is 2.38. The number of ether oxygens (including phenoxy) is 7. The molecule has 1 saturated heterocycles. The van der Waals surface area contributed by atoms with Gasteiger partial charge >= 0.3 is 5.97 Å². The summed E-state index contributed by atoms with van der Waals surface area (Å²) in [7, 11) is 0. The lowest BCUT2D eigenvalue weighted by Gasteiger charge is -2.39. The van der Waals surface area contributed by atoms with Crippen molar-refractivity contribution >= 4 is 17.8 Å². The number of nitrogens with one attached hydrogen (secondary N) is 2. The number of unbranched alkanes of at least 4 members (excludes halogenated alkanes) is 2. The molecule has 0 unspecified atom stereocenters. The number of hydrogen-bond donors (Lipinski definition) is 5. The van der Waals surface area contributed by atoms with Crippen LogP contribution < -0.4 is 22.1 Å². The lowest BCUT2D eigenvalue weighted by Crippen LogP contribution is -2.52. The first-order valence-electron chi connectivity index (χ1n) is 18.3. The summed E-state index contributed by atoms with van der Waals surface area (Å²) >= 11 is 0. The van der Waals surface area contributed by atoms with Crippen molar-refractivity contribution in [3.05, 3.63) is 48.2 Å². The number of aliphatic hydroxyl groups excluding tert-OH is 1. The first kappa shape index (κ1) is 45.0. The predicted octanol–water partition coefficient (Wildman–Crippen LogP) is 1.69. The quantitative estimate of drug-likeness (QED) is 0.0451. The third kappa shape index (κ3) is 19.1. The molecule has 1 aliphatic heterocycles. The molecule has 0 spiro atoms. The number of carbonyl (C=O) groups is 3. The molecule has 6 atom stereocenters. The molecule has 2 amide bonds. The van der Waals surface area contributed by atoms with Crippen molar-refractivity contribution in [1.82, 2.24) is 10.6 Å². The van der Waals surface area contributed by atoms with Crippen LogP contribution in [0.3, 0.4) is 0 Å². The first-order valence-corrected chi connectivity index (χ1v) is 18.3. The largest absolute Gasteiger partial charge is 0.493 e. The van der Waals surface area contributed by atoms with Crippen LogP contribution in [0.25, 0.3) is 0 Å². The third-order valence-corrected chi connectivity index (χ3v) is 8.21. The summed E-state index contributed by atoms with van der Waals surface area (Å²) in [5, 5.41) is 15.2. The Balaban J connectivity index is 1.66. The number of rotatable bonds is 29. The maximum Gasteiger partial charge on any atom is 0.328 e. The molecule has 296 valence electrons. The van der Waals surface area contributed by atoms with E-state index in [1.807, 2.05) is 37.3 Å². The summed E-state index contributed by atoms with van der Waals surface area (Å²) in [6.45, 7) is 9.84. The van der Waals surface area contributed by atoms with Crippen molar-refractivity contribution in [2.45, 2.75) is 96.0 Å². The van der Waals surface area contributed by atoms with E-state index in [-0.39, 0.29) is 45.1 Å². The van der Waals surface area contributed by atoms with Gasteiger partial charge in [0.05, 0.1) is 52.0 Å². The van der Waals surface area contributed by atoms with Crippen molar-refractivity contribution in [2.24, 2.45) is 17.4 Å². The van der Waals surface area contributed by atoms with Gasteiger partial charge in [-0.15, -0.1) is 0 Å². The van der Waals surface area contributed by atoms with Gasteiger partial charge in [-0.05, 0) is 64.1 Å². The van der Waals surface area contributed by atoms with Crippen LogP contribution >= 0.6 is 0 Å². The monoisotopic (exact) mass is 738 g/mol. The predicted molar refractivity (Wildman–Crippen MR) is 194 cm³/mol. The van der Waals surface area contributed by atoms with E-state index < -0.39 is 42.3 Å². The molecular weight excluding hydrogens is 676 g/mol. The van der Waals surface area contributed by atoms with Gasteiger partial charge in [0.2, 0.25) is 11.8 Å². The number of benzene rings is 1. The number of hydrogen-bond acceptors (Lipinski definition) is 13. The second kappa shape index (κ2) is 27.5. The highest BCUT2D eigenvalue weighted by molar-refractivity contribution is 5.91. The Morgan fingerprint density at radius 2 is 1.52 bits per heavy atom. The number of allylic oxidation sites excluding steroid dienone is 1. The summed E-state index contributed by atoms with van der Waals surface area (Å²) in [6, 6.07) is 7.51. The molecule has 2 rings (SSSR count). The van der Waals surface area contributed by atoms with E-state index in [0.29, 0.717) is 90.2 Å². The van der Waals surface area contributed by atoms with E-state index >= 15 is 0 Å². The fourth-order valence-corrected chi connectivity index (χ4v) is 5.49. The molecule has 1 heterocycles. The Morgan fingerprint density at radius 3 is 2.13 bits per heavy atom. The molecule has 1 aliphatic rings. The Hall–Kier alpha value is -3.15. The minimum Gasteiger partial charge on any atom is -0.493 e. The normalized spacial score (nSPS) is 19.7. The molecule has 1 fully saturated rings. The lowest BCUT2D eigenvalue weighted by atomic mass is 9.93. The van der Waals surface area contributed by atoms with Crippen molar-refractivity contribution in [1.29, 1.82) is 0 Å². The van der Waals surface area contributed by atoms with Crippen LogP contribution in [0.1, 0.15) is 64.4 Å². The molecule has 0 bridgehead atoms. The van der Waals surface area contributed by atoms with E-state index in [9.17, 15) is 19.5 Å². The van der Waals surface area contributed by atoms with E-state index in [1.54, 1.807) is 6.92 Å². The summed E-state index contributed by atoms with van der Waals surface area (Å²) in [5.74, 6) is -0.803. The minimum absolute atomic E-state index is 0.0827. The van der Waals surface area contributed by atoms with Crippen LogP contribution in [0.2, 0.25) is 0 Å². The van der Waals surface area contributed by atoms with Gasteiger partial charge in [0, 0.05) is 12.3 Å². The number of amides is 2. The van der Waals surface area contributed by atoms with E-state index in [1.165, 1.54) is 0 Å². The van der Waals surface area contributed by atoms with Crippen molar-refractivity contribution < 1.29 is 52.6 Å². The fraction of sp³-hybridized carbons (Fsp3) is 0.703. The average molecular weight is 739 g/mol. The van der Waals surface area contributed by atoms with Gasteiger partial charge in [0.15, 0.2) is 6.29 Å². The number of aliphatic hydroxyl groups is 1. The van der Waals surface area contributed by atoms with Gasteiger partial charge in [0.1, 0.15) is 37.5 Å². The Bertz CT molecular complexity index is 1150. The van der Waals surface area contributed by atoms with Crippen LogP contribution in [-0.4, -0.2) is 119 Å². The van der Waals surface area contributed by atoms with Crippen LogP contribution in [0.15, 0.2) is 42.7 Å². The molecular formula is C37H62N4O11.